The summed E-state index contributed by atoms with van der Waals surface area (Å²) in [5.74, 6) is -3.47. The van der Waals surface area contributed by atoms with Crippen LogP contribution in [0.1, 0.15) is 67.3 Å². The summed E-state index contributed by atoms with van der Waals surface area (Å²) in [6.45, 7) is 0. The van der Waals surface area contributed by atoms with Crippen molar-refractivity contribution in [3.8, 4) is 11.5 Å². The molecule has 0 saturated heterocycles. The van der Waals surface area contributed by atoms with Gasteiger partial charge >= 0.3 is 5.97 Å². The van der Waals surface area contributed by atoms with Gasteiger partial charge in [0.25, 0.3) is 12.3 Å². The van der Waals surface area contributed by atoms with Gasteiger partial charge < -0.3 is 25.2 Å². The van der Waals surface area contributed by atoms with E-state index in [1.807, 2.05) is 0 Å². The van der Waals surface area contributed by atoms with E-state index < -0.39 is 42.0 Å². The van der Waals surface area contributed by atoms with Crippen LogP contribution in [0.3, 0.4) is 0 Å². The van der Waals surface area contributed by atoms with Crippen LogP contribution in [0.2, 0.25) is 0 Å². The van der Waals surface area contributed by atoms with Crippen LogP contribution < -0.4 is 20.1 Å². The van der Waals surface area contributed by atoms with Gasteiger partial charge in [-0.15, -0.1) is 0 Å². The monoisotopic (exact) mass is 574 g/mol. The lowest BCUT2D eigenvalue weighted by molar-refractivity contribution is -0.143. The molecule has 3 aliphatic carbocycles. The number of amides is 2. The second-order valence-electron chi connectivity index (χ2n) is 11.2. The minimum atomic E-state index is -2.67. The van der Waals surface area contributed by atoms with E-state index in [0.717, 1.165) is 25.3 Å². The number of anilines is 1. The van der Waals surface area contributed by atoms with E-state index in [1.165, 1.54) is 31.4 Å². The third kappa shape index (κ3) is 6.13. The number of methoxy groups -OCH3 is 1. The first-order chi connectivity index (χ1) is 19.6. The number of carbonyl (C=O) groups excluding carboxylic acids is 2. The van der Waals surface area contributed by atoms with Crippen LogP contribution in [0.5, 0.6) is 11.5 Å². The highest BCUT2D eigenvalue weighted by Gasteiger charge is 2.51. The number of alkyl halides is 2. The molecule has 3 saturated carbocycles. The van der Waals surface area contributed by atoms with Gasteiger partial charge in [0, 0.05) is 23.4 Å². The molecule has 2 aromatic carbocycles. The SMILES string of the molecule is COc1cc(F)c(O[C@H]2CC[C@@H](C(=O)O)CC2)cc1C(=O)N[C@@H]1[C@H]2CC[C@H](C2)[C@@H]1C(=O)Nc1cccc(C(F)F)c1. The van der Waals surface area contributed by atoms with Crippen LogP contribution in [0, 0.1) is 29.5 Å². The molecule has 2 amide bonds. The van der Waals surface area contributed by atoms with E-state index in [-0.39, 0.29) is 52.2 Å². The van der Waals surface area contributed by atoms with E-state index in [2.05, 4.69) is 10.6 Å². The highest BCUT2D eigenvalue weighted by Crippen LogP contribution is 2.49. The second-order valence-corrected chi connectivity index (χ2v) is 11.2. The number of hydrogen-bond acceptors (Lipinski definition) is 5. The van der Waals surface area contributed by atoms with E-state index in [4.69, 9.17) is 9.47 Å². The summed E-state index contributed by atoms with van der Waals surface area (Å²) >= 11 is 0. The van der Waals surface area contributed by atoms with Crippen molar-refractivity contribution in [1.82, 2.24) is 5.32 Å². The summed E-state index contributed by atoms with van der Waals surface area (Å²) < 4.78 is 52.3. The molecule has 11 heteroatoms. The van der Waals surface area contributed by atoms with Crippen LogP contribution in [0.25, 0.3) is 0 Å². The molecule has 0 radical (unpaired) electrons. The molecule has 3 fully saturated rings. The van der Waals surface area contributed by atoms with Crippen LogP contribution in [0.15, 0.2) is 36.4 Å². The van der Waals surface area contributed by atoms with Crippen LogP contribution in [0.4, 0.5) is 18.9 Å². The number of carboxylic acids is 1. The number of hydrogen-bond donors (Lipinski definition) is 3. The summed E-state index contributed by atoms with van der Waals surface area (Å²) in [4.78, 5) is 38.1. The average molecular weight is 575 g/mol. The second kappa shape index (κ2) is 12.0. The maximum absolute atomic E-state index is 14.9. The molecule has 4 atom stereocenters. The topological polar surface area (TPSA) is 114 Å². The Labute approximate surface area is 235 Å². The molecule has 5 rings (SSSR count). The molecule has 0 aliphatic heterocycles. The van der Waals surface area contributed by atoms with Crippen LogP contribution >= 0.6 is 0 Å². The Bertz CT molecular complexity index is 1310. The van der Waals surface area contributed by atoms with E-state index in [9.17, 15) is 32.7 Å². The van der Waals surface area contributed by atoms with Crippen molar-refractivity contribution in [2.24, 2.45) is 23.7 Å². The Morgan fingerprint density at radius 1 is 0.976 bits per heavy atom. The van der Waals surface area contributed by atoms with Crippen molar-refractivity contribution in [1.29, 1.82) is 0 Å². The number of ether oxygens (including phenoxy) is 2. The normalized spacial score (nSPS) is 27.0. The molecule has 0 unspecified atom stereocenters. The lowest BCUT2D eigenvalue weighted by Crippen LogP contribution is -2.48. The van der Waals surface area contributed by atoms with E-state index in [1.54, 1.807) is 6.07 Å². The Kier molecular flexibility index (Phi) is 8.42. The van der Waals surface area contributed by atoms with E-state index in [0.29, 0.717) is 25.7 Å². The van der Waals surface area contributed by atoms with Crippen molar-refractivity contribution < 1.29 is 42.1 Å². The highest BCUT2D eigenvalue weighted by atomic mass is 19.3. The van der Waals surface area contributed by atoms with Gasteiger partial charge in [-0.3, -0.25) is 14.4 Å². The third-order valence-corrected chi connectivity index (χ3v) is 8.74. The largest absolute Gasteiger partial charge is 0.496 e. The van der Waals surface area contributed by atoms with Gasteiger partial charge in [0.2, 0.25) is 5.91 Å². The van der Waals surface area contributed by atoms with Crippen molar-refractivity contribution in [2.75, 3.05) is 12.4 Å². The molecule has 0 heterocycles. The molecular weight excluding hydrogens is 541 g/mol. The molecule has 0 spiro atoms. The van der Waals surface area contributed by atoms with Crippen molar-refractivity contribution in [3.05, 3.63) is 53.3 Å². The standard InChI is InChI=1S/C30H33F3N2O6/c1-40-23-14-22(31)24(41-20-9-7-15(8-10-20)30(38)39)13-21(23)28(36)35-26-17-6-5-16(11-17)25(26)29(37)34-19-4-2-3-18(12-19)27(32)33/h2-4,12-17,20,25-27H,5-11H2,1H3,(H,34,37)(H,35,36)(H,38,39)/t15-,16-,17+,20+,25+,26-/m1/s1. The summed E-state index contributed by atoms with van der Waals surface area (Å²) in [5, 5.41) is 14.9. The smallest absolute Gasteiger partial charge is 0.306 e. The number of fused-ring (bicyclic) bond motifs is 2. The zero-order chi connectivity index (χ0) is 29.3. The molecule has 2 aromatic rings. The lowest BCUT2D eigenvalue weighted by Gasteiger charge is -2.31. The fourth-order valence-corrected chi connectivity index (χ4v) is 6.66. The van der Waals surface area contributed by atoms with Gasteiger partial charge in [0.15, 0.2) is 11.6 Å². The average Bonchev–Trinajstić information content (AvgIpc) is 3.56. The fourth-order valence-electron chi connectivity index (χ4n) is 6.66. The van der Waals surface area contributed by atoms with Crippen molar-refractivity contribution in [3.63, 3.8) is 0 Å². The minimum Gasteiger partial charge on any atom is -0.496 e. The number of aliphatic carboxylic acids is 1. The molecule has 3 N–H and O–H groups in total. The van der Waals surface area contributed by atoms with Gasteiger partial charge in [0.1, 0.15) is 5.75 Å². The Hall–Kier alpha value is -3.76. The predicted molar refractivity (Wildman–Crippen MR) is 143 cm³/mol. The molecule has 3 aliphatic rings. The van der Waals surface area contributed by atoms with E-state index >= 15 is 0 Å². The number of carbonyl (C=O) groups is 3. The Morgan fingerprint density at radius 2 is 1.71 bits per heavy atom. The molecular formula is C30H33F3N2O6. The number of halogens is 3. The maximum Gasteiger partial charge on any atom is 0.306 e. The first kappa shape index (κ1) is 28.8. The maximum atomic E-state index is 14.9. The van der Waals surface area contributed by atoms with Gasteiger partial charge in [-0.1, -0.05) is 12.1 Å². The number of benzene rings is 2. The zero-order valence-corrected chi connectivity index (χ0v) is 22.6. The Balaban J connectivity index is 1.31. The summed E-state index contributed by atoms with van der Waals surface area (Å²) in [5.41, 5.74) is 0.117. The molecule has 0 aromatic heterocycles. The fraction of sp³-hybridized carbons (Fsp3) is 0.500. The molecule has 8 nitrogen and oxygen atoms in total. The number of nitrogens with one attached hydrogen (secondary N) is 2. The molecule has 2 bridgehead atoms. The minimum absolute atomic E-state index is 0.00917. The Morgan fingerprint density at radius 3 is 2.39 bits per heavy atom. The van der Waals surface area contributed by atoms with Gasteiger partial charge in [-0.25, -0.2) is 13.2 Å². The summed E-state index contributed by atoms with van der Waals surface area (Å²) in [6, 6.07) is 7.39. The van der Waals surface area contributed by atoms with Crippen LogP contribution in [-0.4, -0.2) is 42.1 Å². The first-order valence-corrected chi connectivity index (χ1v) is 13.9. The zero-order valence-electron chi connectivity index (χ0n) is 22.6. The first-order valence-electron chi connectivity index (χ1n) is 13.9. The third-order valence-electron chi connectivity index (χ3n) is 8.74. The van der Waals surface area contributed by atoms with Gasteiger partial charge in [-0.05, 0) is 75.0 Å². The van der Waals surface area contributed by atoms with Crippen molar-refractivity contribution in [2.45, 2.75) is 63.5 Å². The van der Waals surface area contributed by atoms with Gasteiger partial charge in [-0.2, -0.15) is 0 Å². The number of rotatable bonds is 9. The number of carboxylic acid groups (broad SMARTS) is 1. The van der Waals surface area contributed by atoms with Gasteiger partial charge in [0.05, 0.1) is 30.6 Å². The summed E-state index contributed by atoms with van der Waals surface area (Å²) in [7, 11) is 1.32. The predicted octanol–water partition coefficient (Wildman–Crippen LogP) is 5.58. The molecule has 220 valence electrons. The van der Waals surface area contributed by atoms with Crippen molar-refractivity contribution >= 4 is 23.5 Å². The lowest BCUT2D eigenvalue weighted by atomic mass is 9.83. The van der Waals surface area contributed by atoms with Crippen LogP contribution in [-0.2, 0) is 9.59 Å². The quantitative estimate of drug-likeness (QED) is 0.361. The summed E-state index contributed by atoms with van der Waals surface area (Å²) in [6.07, 6.45) is 1.12. The molecule has 41 heavy (non-hydrogen) atoms. The highest BCUT2D eigenvalue weighted by molar-refractivity contribution is 5.99.